The number of hydrogen-bond acceptors (Lipinski definition) is 3. The summed E-state index contributed by atoms with van der Waals surface area (Å²) in [6.45, 7) is 6.79. The van der Waals surface area contributed by atoms with E-state index in [2.05, 4.69) is 10.3 Å². The van der Waals surface area contributed by atoms with Crippen LogP contribution in [0.2, 0.25) is 0 Å². The highest BCUT2D eigenvalue weighted by molar-refractivity contribution is 8.15. The van der Waals surface area contributed by atoms with E-state index in [0.717, 1.165) is 11.7 Å². The first-order valence-corrected chi connectivity index (χ1v) is 5.05. The predicted octanol–water partition coefficient (Wildman–Crippen LogP) is 1.25. The quantitative estimate of drug-likeness (QED) is 0.705. The van der Waals surface area contributed by atoms with Crippen molar-refractivity contribution in [2.24, 2.45) is 10.9 Å². The fraction of sp³-hybridized carbons (Fsp3) is 0.750. The molecule has 1 aliphatic rings. The summed E-state index contributed by atoms with van der Waals surface area (Å²) < 4.78 is 0. The lowest BCUT2D eigenvalue weighted by Crippen LogP contribution is -2.27. The smallest absolute Gasteiger partial charge is 0.239 e. The number of carbonyl (C=O) groups is 1. The Kier molecular flexibility index (Phi) is 3.14. The van der Waals surface area contributed by atoms with Crippen molar-refractivity contribution in [2.45, 2.75) is 26.0 Å². The normalized spacial score (nSPS) is 26.8. The van der Waals surface area contributed by atoms with E-state index in [9.17, 15) is 4.79 Å². The summed E-state index contributed by atoms with van der Waals surface area (Å²) in [6.07, 6.45) is 0. The second-order valence-electron chi connectivity index (χ2n) is 3.05. The van der Waals surface area contributed by atoms with Crippen LogP contribution in [-0.2, 0) is 4.79 Å². The Morgan fingerprint density at radius 1 is 1.67 bits per heavy atom. The van der Waals surface area contributed by atoms with E-state index in [1.165, 1.54) is 0 Å². The van der Waals surface area contributed by atoms with Gasteiger partial charge in [0, 0.05) is 6.54 Å². The van der Waals surface area contributed by atoms with Gasteiger partial charge in [0.05, 0.1) is 5.25 Å². The van der Waals surface area contributed by atoms with Gasteiger partial charge in [-0.1, -0.05) is 25.6 Å². The maximum absolute atomic E-state index is 11.3. The molecule has 1 atom stereocenters. The molecule has 68 valence electrons. The first-order chi connectivity index (χ1) is 5.65. The van der Waals surface area contributed by atoms with Crippen LogP contribution in [0, 0.1) is 5.92 Å². The first kappa shape index (κ1) is 9.58. The average Bonchev–Trinajstić information content (AvgIpc) is 2.32. The zero-order chi connectivity index (χ0) is 9.14. The molecule has 0 aliphatic carbocycles. The Hall–Kier alpha value is -0.510. The zero-order valence-electron chi connectivity index (χ0n) is 7.63. The molecular formula is C8H14N2OS. The highest BCUT2D eigenvalue weighted by Crippen LogP contribution is 2.25. The molecular weight excluding hydrogens is 172 g/mol. The average molecular weight is 186 g/mol. The molecule has 0 aromatic carbocycles. The van der Waals surface area contributed by atoms with E-state index in [1.54, 1.807) is 11.8 Å². The van der Waals surface area contributed by atoms with Gasteiger partial charge >= 0.3 is 0 Å². The third-order valence-electron chi connectivity index (χ3n) is 1.63. The maximum Gasteiger partial charge on any atom is 0.239 e. The molecule has 0 aromatic rings. The van der Waals surface area contributed by atoms with Crippen molar-refractivity contribution in [1.29, 1.82) is 0 Å². The standard InChI is InChI=1S/C8H14N2OS/c1-4-9-8-10-7(11)6(12-8)5(2)3/h5-6H,4H2,1-3H3,(H,9,10,11). The van der Waals surface area contributed by atoms with Crippen LogP contribution >= 0.6 is 11.8 Å². The third kappa shape index (κ3) is 2.00. The van der Waals surface area contributed by atoms with Gasteiger partial charge in [-0.3, -0.25) is 9.79 Å². The Labute approximate surface area is 77.0 Å². The molecule has 1 amide bonds. The van der Waals surface area contributed by atoms with Crippen LogP contribution in [-0.4, -0.2) is 22.9 Å². The molecule has 4 heteroatoms. The SMILES string of the molecule is CCN=C1NC(=O)C(C(C)C)S1. The Morgan fingerprint density at radius 3 is 2.75 bits per heavy atom. The molecule has 0 saturated carbocycles. The summed E-state index contributed by atoms with van der Waals surface area (Å²) in [5.41, 5.74) is 0. The number of thioether (sulfide) groups is 1. The molecule has 0 bridgehead atoms. The second-order valence-corrected chi connectivity index (χ2v) is 4.18. The van der Waals surface area contributed by atoms with Crippen molar-refractivity contribution >= 4 is 22.8 Å². The van der Waals surface area contributed by atoms with Crippen molar-refractivity contribution in [3.8, 4) is 0 Å². The van der Waals surface area contributed by atoms with Crippen LogP contribution in [0.5, 0.6) is 0 Å². The largest absolute Gasteiger partial charge is 0.304 e. The lowest BCUT2D eigenvalue weighted by molar-refractivity contribution is -0.119. The number of hydrogen-bond donors (Lipinski definition) is 1. The van der Waals surface area contributed by atoms with E-state index in [-0.39, 0.29) is 11.2 Å². The molecule has 1 heterocycles. The molecule has 1 fully saturated rings. The van der Waals surface area contributed by atoms with Crippen LogP contribution < -0.4 is 5.32 Å². The molecule has 0 spiro atoms. The lowest BCUT2D eigenvalue weighted by atomic mass is 10.1. The van der Waals surface area contributed by atoms with Crippen molar-refractivity contribution < 1.29 is 4.79 Å². The Balaban J connectivity index is 2.62. The topological polar surface area (TPSA) is 41.5 Å². The van der Waals surface area contributed by atoms with Crippen LogP contribution in [0.15, 0.2) is 4.99 Å². The number of carbonyl (C=O) groups excluding carboxylic acids is 1. The lowest BCUT2D eigenvalue weighted by Gasteiger charge is -2.07. The summed E-state index contributed by atoms with van der Waals surface area (Å²) in [7, 11) is 0. The van der Waals surface area contributed by atoms with Gasteiger partial charge in [-0.05, 0) is 12.8 Å². The monoisotopic (exact) mass is 186 g/mol. The van der Waals surface area contributed by atoms with E-state index >= 15 is 0 Å². The van der Waals surface area contributed by atoms with E-state index in [4.69, 9.17) is 0 Å². The van der Waals surface area contributed by atoms with Gasteiger partial charge in [0.15, 0.2) is 5.17 Å². The van der Waals surface area contributed by atoms with Crippen LogP contribution in [0.1, 0.15) is 20.8 Å². The third-order valence-corrected chi connectivity index (χ3v) is 3.10. The van der Waals surface area contributed by atoms with Gasteiger partial charge in [-0.15, -0.1) is 0 Å². The molecule has 1 N–H and O–H groups in total. The molecule has 1 aliphatic heterocycles. The predicted molar refractivity (Wildman–Crippen MR) is 52.3 cm³/mol. The summed E-state index contributed by atoms with van der Waals surface area (Å²) in [5, 5.41) is 3.59. The van der Waals surface area contributed by atoms with E-state index < -0.39 is 0 Å². The summed E-state index contributed by atoms with van der Waals surface area (Å²) in [5.74, 6) is 0.474. The Morgan fingerprint density at radius 2 is 2.33 bits per heavy atom. The van der Waals surface area contributed by atoms with Crippen molar-refractivity contribution in [3.63, 3.8) is 0 Å². The van der Waals surface area contributed by atoms with Gasteiger partial charge in [0.1, 0.15) is 0 Å². The molecule has 0 aromatic heterocycles. The summed E-state index contributed by atoms with van der Waals surface area (Å²) in [4.78, 5) is 15.4. The first-order valence-electron chi connectivity index (χ1n) is 4.17. The highest BCUT2D eigenvalue weighted by Gasteiger charge is 2.31. The zero-order valence-corrected chi connectivity index (χ0v) is 8.44. The van der Waals surface area contributed by atoms with Gasteiger partial charge in [-0.2, -0.15) is 0 Å². The Bertz CT molecular complexity index is 213. The summed E-state index contributed by atoms with van der Waals surface area (Å²) in [6, 6.07) is 0. The van der Waals surface area contributed by atoms with Crippen LogP contribution in [0.3, 0.4) is 0 Å². The van der Waals surface area contributed by atoms with Crippen molar-refractivity contribution in [3.05, 3.63) is 0 Å². The fourth-order valence-corrected chi connectivity index (χ4v) is 2.08. The summed E-state index contributed by atoms with van der Waals surface area (Å²) >= 11 is 1.54. The molecule has 12 heavy (non-hydrogen) atoms. The number of rotatable bonds is 2. The minimum Gasteiger partial charge on any atom is -0.304 e. The van der Waals surface area contributed by atoms with Gasteiger partial charge in [0.2, 0.25) is 5.91 Å². The van der Waals surface area contributed by atoms with Crippen molar-refractivity contribution in [2.75, 3.05) is 6.54 Å². The van der Waals surface area contributed by atoms with Crippen molar-refractivity contribution in [1.82, 2.24) is 5.32 Å². The second kappa shape index (κ2) is 3.94. The fourth-order valence-electron chi connectivity index (χ4n) is 1.04. The van der Waals surface area contributed by atoms with Gasteiger partial charge < -0.3 is 5.32 Å². The molecule has 3 nitrogen and oxygen atoms in total. The number of amidine groups is 1. The maximum atomic E-state index is 11.3. The minimum absolute atomic E-state index is 0.0512. The van der Waals surface area contributed by atoms with Crippen LogP contribution in [0.4, 0.5) is 0 Å². The molecule has 0 radical (unpaired) electrons. The number of nitrogens with one attached hydrogen (secondary N) is 1. The number of nitrogens with zero attached hydrogens (tertiary/aromatic N) is 1. The van der Waals surface area contributed by atoms with Gasteiger partial charge in [-0.25, -0.2) is 0 Å². The molecule has 1 saturated heterocycles. The van der Waals surface area contributed by atoms with E-state index in [0.29, 0.717) is 5.92 Å². The molecule has 1 rings (SSSR count). The minimum atomic E-state index is 0.0512. The van der Waals surface area contributed by atoms with E-state index in [1.807, 2.05) is 20.8 Å². The molecule has 1 unspecified atom stereocenters. The van der Waals surface area contributed by atoms with Gasteiger partial charge in [0.25, 0.3) is 0 Å². The van der Waals surface area contributed by atoms with Crippen LogP contribution in [0.25, 0.3) is 0 Å². The highest BCUT2D eigenvalue weighted by atomic mass is 32.2. The number of aliphatic imine (C=N–C) groups is 1. The number of amides is 1.